The summed E-state index contributed by atoms with van der Waals surface area (Å²) in [6.07, 6.45) is 4.52. The SMILES string of the molecule is Cc1cc2c(cc1-c1cc(-c3c(C)cccc3C)cc[n+]1C)C(C)(C)C(C)(C)c1ccc3ccccc3c1-2.Cc1ccccc1-c1c[n+](C)c(-c2cc3c(cc2C)-c2cc4ccccc4cc2C(C)(C)C3(C)C)cc1C. The lowest BCUT2D eigenvalue weighted by molar-refractivity contribution is -0.660. The van der Waals surface area contributed by atoms with Gasteiger partial charge >= 0.3 is 0 Å². The van der Waals surface area contributed by atoms with Crippen LogP contribution in [0.15, 0.2) is 170 Å². The molecule has 0 fully saturated rings. The number of rotatable bonds is 4. The highest BCUT2D eigenvalue weighted by Crippen LogP contribution is 2.58. The molecule has 0 N–H and O–H groups in total. The maximum absolute atomic E-state index is 2.50. The molecule has 12 rings (SSSR count). The third-order valence-electron chi connectivity index (χ3n) is 19.3. The molecule has 0 amide bonds. The number of nitrogens with zero attached hydrogens (tertiary/aromatic N) is 2. The summed E-state index contributed by atoms with van der Waals surface area (Å²) in [5, 5.41) is 5.29. The van der Waals surface area contributed by atoms with Crippen molar-refractivity contribution in [1.82, 2.24) is 0 Å². The highest BCUT2D eigenvalue weighted by molar-refractivity contribution is 6.02. The molecule has 10 aromatic rings. The second-order valence-electron chi connectivity index (χ2n) is 24.7. The van der Waals surface area contributed by atoms with Gasteiger partial charge in [0.05, 0.1) is 0 Å². The molecule has 0 bridgehead atoms. The second kappa shape index (κ2) is 18.1. The summed E-state index contributed by atoms with van der Waals surface area (Å²) in [5.41, 5.74) is 29.5. The topological polar surface area (TPSA) is 7.76 Å². The van der Waals surface area contributed by atoms with E-state index in [4.69, 9.17) is 0 Å². The zero-order chi connectivity index (χ0) is 54.0. The fourth-order valence-electron chi connectivity index (χ4n) is 13.3. The minimum absolute atomic E-state index is 0.0152. The Morgan fingerprint density at radius 1 is 0.303 bits per heavy atom. The average Bonchev–Trinajstić information content (AvgIpc) is 3.51. The van der Waals surface area contributed by atoms with E-state index in [0.717, 1.165) is 0 Å². The molecule has 0 saturated heterocycles. The number of fused-ring (bicyclic) bond motifs is 9. The third-order valence-corrected chi connectivity index (χ3v) is 19.3. The average molecular weight is 993 g/mol. The largest absolute Gasteiger partial charge is 0.213 e. The molecule has 8 aromatic carbocycles. The molecule has 2 nitrogen and oxygen atoms in total. The molecule has 0 radical (unpaired) electrons. The molecule has 2 aromatic heterocycles. The van der Waals surface area contributed by atoms with E-state index in [1.54, 1.807) is 0 Å². The van der Waals surface area contributed by atoms with Crippen LogP contribution in [0.5, 0.6) is 0 Å². The van der Waals surface area contributed by atoms with Crippen LogP contribution in [-0.4, -0.2) is 0 Å². The fourth-order valence-corrected chi connectivity index (χ4v) is 13.3. The standard InChI is InChI=1S/2C37H38N/c1-23-13-9-12-16-28(23)32-22-38(8)35(18-25(32)3)29-21-34-30(17-24(29)2)31-19-26-14-10-11-15-27(26)20-33(31)36(4,5)37(34,6)7;1-23-12-11-13-24(2)34(23)27-18-19-38(8)33(21-27)29-22-32-30(20-25(29)3)35-28-15-10-9-14-26(28)16-17-31(35)36(4,5)37(32,6)7/h2*9-22H,1-8H3/q2*+1. The van der Waals surface area contributed by atoms with Crippen molar-refractivity contribution in [1.29, 1.82) is 0 Å². The van der Waals surface area contributed by atoms with Crippen LogP contribution in [-0.2, 0) is 35.8 Å². The Kier molecular flexibility index (Phi) is 12.1. The van der Waals surface area contributed by atoms with Crippen molar-refractivity contribution in [3.05, 3.63) is 226 Å². The van der Waals surface area contributed by atoms with E-state index in [2.05, 4.69) is 290 Å². The molecule has 2 aliphatic carbocycles. The lowest BCUT2D eigenvalue weighted by atomic mass is 9.54. The summed E-state index contributed by atoms with van der Waals surface area (Å²) < 4.78 is 4.59. The molecule has 380 valence electrons. The van der Waals surface area contributed by atoms with Gasteiger partial charge in [0, 0.05) is 34.9 Å². The summed E-state index contributed by atoms with van der Waals surface area (Å²) in [4.78, 5) is 0. The van der Waals surface area contributed by atoms with Crippen LogP contribution in [0, 0.1) is 41.5 Å². The first-order valence-corrected chi connectivity index (χ1v) is 27.5. The number of hydrogen-bond donors (Lipinski definition) is 0. The Balaban J connectivity index is 0.000000162. The highest BCUT2D eigenvalue weighted by Gasteiger charge is 2.48. The van der Waals surface area contributed by atoms with Crippen LogP contribution in [0.4, 0.5) is 0 Å². The molecule has 0 saturated carbocycles. The molecule has 2 heterocycles. The summed E-state index contributed by atoms with van der Waals surface area (Å²) in [6.45, 7) is 32.8. The van der Waals surface area contributed by atoms with Gasteiger partial charge in [-0.1, -0.05) is 171 Å². The fraction of sp³-hybridized carbons (Fsp3) is 0.270. The van der Waals surface area contributed by atoms with Crippen LogP contribution >= 0.6 is 0 Å². The van der Waals surface area contributed by atoms with Crippen LogP contribution in [0.2, 0.25) is 0 Å². The van der Waals surface area contributed by atoms with Crippen molar-refractivity contribution in [3.63, 3.8) is 0 Å². The van der Waals surface area contributed by atoms with Crippen LogP contribution < -0.4 is 9.13 Å². The van der Waals surface area contributed by atoms with E-state index in [1.807, 2.05) is 0 Å². The van der Waals surface area contributed by atoms with E-state index in [1.165, 1.54) is 144 Å². The van der Waals surface area contributed by atoms with Crippen LogP contribution in [0.3, 0.4) is 0 Å². The summed E-state index contributed by atoms with van der Waals surface area (Å²) in [7, 11) is 4.35. The van der Waals surface area contributed by atoms with Gasteiger partial charge in [-0.25, -0.2) is 9.13 Å². The molecule has 0 aliphatic heterocycles. The lowest BCUT2D eigenvalue weighted by Gasteiger charge is -2.49. The Morgan fingerprint density at radius 3 is 1.43 bits per heavy atom. The Morgan fingerprint density at radius 2 is 0.789 bits per heavy atom. The van der Waals surface area contributed by atoms with E-state index in [9.17, 15) is 0 Å². The van der Waals surface area contributed by atoms with Crippen molar-refractivity contribution in [3.8, 4) is 67.0 Å². The van der Waals surface area contributed by atoms with Crippen molar-refractivity contribution in [2.75, 3.05) is 0 Å². The number of benzene rings is 8. The minimum atomic E-state index is -0.0387. The van der Waals surface area contributed by atoms with E-state index in [0.29, 0.717) is 0 Å². The lowest BCUT2D eigenvalue weighted by Crippen LogP contribution is -2.43. The second-order valence-corrected chi connectivity index (χ2v) is 24.7. The van der Waals surface area contributed by atoms with Crippen molar-refractivity contribution in [2.24, 2.45) is 14.1 Å². The first-order valence-electron chi connectivity index (χ1n) is 27.5. The maximum Gasteiger partial charge on any atom is 0.213 e. The minimum Gasteiger partial charge on any atom is -0.201 e. The summed E-state index contributed by atoms with van der Waals surface area (Å²) in [5.74, 6) is 0. The van der Waals surface area contributed by atoms with Crippen molar-refractivity contribution >= 4 is 21.5 Å². The molecular formula is C74H76N2+2. The molecule has 2 aliphatic rings. The van der Waals surface area contributed by atoms with Gasteiger partial charge < -0.3 is 0 Å². The molecule has 0 spiro atoms. The van der Waals surface area contributed by atoms with Gasteiger partial charge in [-0.3, -0.25) is 0 Å². The van der Waals surface area contributed by atoms with Gasteiger partial charge in [0.15, 0.2) is 12.4 Å². The third kappa shape index (κ3) is 7.80. The molecule has 0 unspecified atom stereocenters. The highest BCUT2D eigenvalue weighted by atomic mass is 14.9. The normalized spacial score (nSPS) is 15.3. The Hall–Kier alpha value is -7.42. The van der Waals surface area contributed by atoms with E-state index in [-0.39, 0.29) is 21.7 Å². The van der Waals surface area contributed by atoms with E-state index < -0.39 is 0 Å². The molecule has 76 heavy (non-hydrogen) atoms. The van der Waals surface area contributed by atoms with Gasteiger partial charge in [-0.05, 0) is 204 Å². The number of aryl methyl sites for hydroxylation is 8. The quantitative estimate of drug-likeness (QED) is 0.155. The van der Waals surface area contributed by atoms with Gasteiger partial charge in [0.2, 0.25) is 11.4 Å². The van der Waals surface area contributed by atoms with Crippen LogP contribution in [0.25, 0.3) is 88.6 Å². The number of hydrogen-bond acceptors (Lipinski definition) is 0. The van der Waals surface area contributed by atoms with Crippen molar-refractivity contribution in [2.45, 2.75) is 119 Å². The molecule has 2 heteroatoms. The van der Waals surface area contributed by atoms with Gasteiger partial charge in [-0.15, -0.1) is 0 Å². The predicted molar refractivity (Wildman–Crippen MR) is 323 cm³/mol. The monoisotopic (exact) mass is 993 g/mol. The zero-order valence-corrected chi connectivity index (χ0v) is 48.1. The Bertz CT molecular complexity index is 4000. The Labute approximate surface area is 453 Å². The summed E-state index contributed by atoms with van der Waals surface area (Å²) in [6, 6.07) is 59.3. The number of pyridine rings is 2. The maximum atomic E-state index is 2.50. The zero-order valence-electron chi connectivity index (χ0n) is 48.1. The summed E-state index contributed by atoms with van der Waals surface area (Å²) >= 11 is 0. The smallest absolute Gasteiger partial charge is 0.201 e. The first kappa shape index (κ1) is 50.7. The van der Waals surface area contributed by atoms with E-state index >= 15 is 0 Å². The van der Waals surface area contributed by atoms with Gasteiger partial charge in [-0.2, -0.15) is 0 Å². The number of aromatic nitrogens is 2. The van der Waals surface area contributed by atoms with Crippen molar-refractivity contribution < 1.29 is 9.13 Å². The molecule has 0 atom stereocenters. The first-order chi connectivity index (χ1) is 36.0. The predicted octanol–water partition coefficient (Wildman–Crippen LogP) is 18.3. The molecular weight excluding hydrogens is 917 g/mol. The van der Waals surface area contributed by atoms with Gasteiger partial charge in [0.25, 0.3) is 0 Å². The van der Waals surface area contributed by atoms with Crippen LogP contribution in [0.1, 0.15) is 111 Å². The van der Waals surface area contributed by atoms with Gasteiger partial charge in [0.1, 0.15) is 14.1 Å².